The maximum absolute atomic E-state index is 12.8. The monoisotopic (exact) mass is 458 g/mol. The van der Waals surface area contributed by atoms with Crippen LogP contribution in [0.25, 0.3) is 0 Å². The molecule has 0 amide bonds. The molecular formula is C23H39BrO4. The number of ether oxygens (including phenoxy) is 2. The van der Waals surface area contributed by atoms with Gasteiger partial charge in [-0.2, -0.15) is 0 Å². The number of carbonyl (C=O) groups excluding carboxylic acids is 2. The van der Waals surface area contributed by atoms with Gasteiger partial charge in [-0.3, -0.25) is 9.59 Å². The van der Waals surface area contributed by atoms with E-state index in [-0.39, 0.29) is 19.6 Å². The fourth-order valence-corrected chi connectivity index (χ4v) is 3.85. The van der Waals surface area contributed by atoms with Gasteiger partial charge < -0.3 is 9.47 Å². The molecule has 0 aromatic heterocycles. The van der Waals surface area contributed by atoms with Crippen molar-refractivity contribution in [2.75, 3.05) is 13.2 Å². The van der Waals surface area contributed by atoms with E-state index in [0.29, 0.717) is 12.8 Å². The number of esters is 2. The van der Waals surface area contributed by atoms with Crippen LogP contribution >= 0.6 is 15.9 Å². The Bertz CT molecular complexity index is 509. The summed E-state index contributed by atoms with van der Waals surface area (Å²) in [5.41, 5.74) is 0.816. The van der Waals surface area contributed by atoms with Gasteiger partial charge in [0.2, 0.25) is 0 Å². The number of rotatable bonds is 15. The summed E-state index contributed by atoms with van der Waals surface area (Å²) in [4.78, 5) is 25.7. The Labute approximate surface area is 180 Å². The minimum absolute atomic E-state index is 0.228. The van der Waals surface area contributed by atoms with Gasteiger partial charge in [-0.25, -0.2) is 0 Å². The lowest BCUT2D eigenvalue weighted by molar-refractivity contribution is -0.172. The van der Waals surface area contributed by atoms with Gasteiger partial charge in [-0.15, -0.1) is 6.58 Å². The summed E-state index contributed by atoms with van der Waals surface area (Å²) in [5, 5.41) is 0. The number of unbranched alkanes of at least 4 members (excludes halogenated alkanes) is 2. The topological polar surface area (TPSA) is 52.6 Å². The highest BCUT2D eigenvalue weighted by atomic mass is 79.9. The molecule has 0 aromatic rings. The third-order valence-electron chi connectivity index (χ3n) is 4.76. The lowest BCUT2D eigenvalue weighted by Crippen LogP contribution is -2.42. The second kappa shape index (κ2) is 14.8. The molecule has 0 heterocycles. The third kappa shape index (κ3) is 8.93. The summed E-state index contributed by atoms with van der Waals surface area (Å²) in [6, 6.07) is 0. The highest BCUT2D eigenvalue weighted by Gasteiger charge is 2.48. The zero-order valence-corrected chi connectivity index (χ0v) is 20.1. The molecule has 4 nitrogen and oxygen atoms in total. The lowest BCUT2D eigenvalue weighted by atomic mass is 9.77. The largest absolute Gasteiger partial charge is 0.465 e. The zero-order valence-electron chi connectivity index (χ0n) is 18.5. The Morgan fingerprint density at radius 1 is 0.893 bits per heavy atom. The van der Waals surface area contributed by atoms with E-state index in [9.17, 15) is 9.59 Å². The van der Waals surface area contributed by atoms with E-state index >= 15 is 0 Å². The Morgan fingerprint density at radius 2 is 1.36 bits per heavy atom. The van der Waals surface area contributed by atoms with Gasteiger partial charge in [0.25, 0.3) is 0 Å². The molecule has 28 heavy (non-hydrogen) atoms. The summed E-state index contributed by atoms with van der Waals surface area (Å²) in [6.45, 7) is 14.1. The number of allylic oxidation sites excluding steroid dienone is 3. The van der Waals surface area contributed by atoms with Crippen LogP contribution in [-0.2, 0) is 19.1 Å². The molecule has 0 aliphatic carbocycles. The molecular weight excluding hydrogens is 420 g/mol. The van der Waals surface area contributed by atoms with E-state index in [1.165, 1.54) is 5.57 Å². The van der Waals surface area contributed by atoms with Gasteiger partial charge in [0.05, 0.1) is 13.2 Å². The summed E-state index contributed by atoms with van der Waals surface area (Å²) < 4.78 is 11.7. The van der Waals surface area contributed by atoms with Crippen molar-refractivity contribution < 1.29 is 19.1 Å². The molecule has 0 spiro atoms. The van der Waals surface area contributed by atoms with Gasteiger partial charge in [-0.05, 0) is 70.2 Å². The van der Waals surface area contributed by atoms with Gasteiger partial charge in [0.15, 0.2) is 5.41 Å². The van der Waals surface area contributed by atoms with Crippen molar-refractivity contribution in [3.05, 3.63) is 22.2 Å². The summed E-state index contributed by atoms with van der Waals surface area (Å²) in [6.07, 6.45) is 7.84. The molecule has 0 aliphatic heterocycles. The van der Waals surface area contributed by atoms with Crippen molar-refractivity contribution in [3.8, 4) is 0 Å². The van der Waals surface area contributed by atoms with Crippen molar-refractivity contribution in [1.29, 1.82) is 0 Å². The molecule has 162 valence electrons. The van der Waals surface area contributed by atoms with E-state index in [1.54, 1.807) is 13.8 Å². The molecule has 0 aromatic carbocycles. The van der Waals surface area contributed by atoms with Crippen LogP contribution in [0.15, 0.2) is 22.2 Å². The molecule has 0 atom stereocenters. The SMILES string of the molecule is C=C(C)CC(CCC(Br)=C(CCCC)CCCC)(C(=O)OCC)C(=O)OCC. The summed E-state index contributed by atoms with van der Waals surface area (Å²) >= 11 is 3.75. The smallest absolute Gasteiger partial charge is 0.323 e. The van der Waals surface area contributed by atoms with Crippen LogP contribution in [0.5, 0.6) is 0 Å². The summed E-state index contributed by atoms with van der Waals surface area (Å²) in [7, 11) is 0. The van der Waals surface area contributed by atoms with Crippen molar-refractivity contribution in [1.82, 2.24) is 0 Å². The van der Waals surface area contributed by atoms with E-state index in [2.05, 4.69) is 36.4 Å². The Morgan fingerprint density at radius 3 is 1.71 bits per heavy atom. The number of carbonyl (C=O) groups is 2. The quantitative estimate of drug-likeness (QED) is 0.152. The molecule has 0 saturated carbocycles. The van der Waals surface area contributed by atoms with E-state index in [0.717, 1.165) is 48.6 Å². The maximum Gasteiger partial charge on any atom is 0.323 e. The average Bonchev–Trinajstić information content (AvgIpc) is 2.65. The molecule has 0 N–H and O–H groups in total. The van der Waals surface area contributed by atoms with Gasteiger partial charge in [0, 0.05) is 0 Å². The van der Waals surface area contributed by atoms with Crippen LogP contribution in [0.4, 0.5) is 0 Å². The second-order valence-corrected chi connectivity index (χ2v) is 8.33. The first-order valence-electron chi connectivity index (χ1n) is 10.6. The van der Waals surface area contributed by atoms with Crippen molar-refractivity contribution >= 4 is 27.9 Å². The maximum atomic E-state index is 12.8. The second-order valence-electron chi connectivity index (χ2n) is 7.37. The molecule has 0 fully saturated rings. The van der Waals surface area contributed by atoms with Gasteiger partial charge in [-0.1, -0.05) is 53.8 Å². The predicted molar refractivity (Wildman–Crippen MR) is 119 cm³/mol. The lowest BCUT2D eigenvalue weighted by Gasteiger charge is -2.29. The van der Waals surface area contributed by atoms with Crippen molar-refractivity contribution in [2.45, 2.75) is 92.4 Å². The van der Waals surface area contributed by atoms with E-state index in [4.69, 9.17) is 9.47 Å². The van der Waals surface area contributed by atoms with Gasteiger partial charge in [0.1, 0.15) is 0 Å². The highest BCUT2D eigenvalue weighted by molar-refractivity contribution is 9.11. The van der Waals surface area contributed by atoms with Crippen LogP contribution < -0.4 is 0 Å². The fraction of sp³-hybridized carbons (Fsp3) is 0.739. The summed E-state index contributed by atoms with van der Waals surface area (Å²) in [5.74, 6) is -1.03. The van der Waals surface area contributed by atoms with Crippen LogP contribution in [0.2, 0.25) is 0 Å². The Hall–Kier alpha value is -1.10. The van der Waals surface area contributed by atoms with E-state index < -0.39 is 17.4 Å². The normalized spacial score (nSPS) is 11.1. The van der Waals surface area contributed by atoms with Crippen molar-refractivity contribution in [3.63, 3.8) is 0 Å². The molecule has 0 unspecified atom stereocenters. The molecule has 5 heteroatoms. The number of halogens is 1. The van der Waals surface area contributed by atoms with Crippen LogP contribution in [0, 0.1) is 5.41 Å². The minimum atomic E-state index is -1.34. The zero-order chi connectivity index (χ0) is 21.6. The first kappa shape index (κ1) is 26.9. The first-order valence-corrected chi connectivity index (χ1v) is 11.4. The predicted octanol–water partition coefficient (Wildman–Crippen LogP) is 6.87. The van der Waals surface area contributed by atoms with Crippen LogP contribution in [0.3, 0.4) is 0 Å². The molecule has 0 aliphatic rings. The van der Waals surface area contributed by atoms with E-state index in [1.807, 2.05) is 6.92 Å². The molecule has 0 bridgehead atoms. The molecule has 0 saturated heterocycles. The minimum Gasteiger partial charge on any atom is -0.465 e. The first-order chi connectivity index (χ1) is 13.3. The third-order valence-corrected chi connectivity index (χ3v) is 5.71. The molecule has 0 rings (SSSR count). The number of hydrogen-bond donors (Lipinski definition) is 0. The van der Waals surface area contributed by atoms with Gasteiger partial charge >= 0.3 is 11.9 Å². The Balaban J connectivity index is 5.75. The highest BCUT2D eigenvalue weighted by Crippen LogP contribution is 2.38. The number of hydrogen-bond acceptors (Lipinski definition) is 4. The average molecular weight is 459 g/mol. The van der Waals surface area contributed by atoms with Crippen LogP contribution in [0.1, 0.15) is 92.4 Å². The standard InChI is InChI=1S/C23H39BrO4/c1-7-11-13-19(14-12-8-2)20(24)15-16-23(17-18(5)6,21(25)27-9-3)22(26)28-10-4/h5,7-17H2,1-4,6H3. The molecule has 0 radical (unpaired) electrons. The van der Waals surface area contributed by atoms with Crippen molar-refractivity contribution in [2.24, 2.45) is 5.41 Å². The van der Waals surface area contributed by atoms with Crippen LogP contribution in [-0.4, -0.2) is 25.2 Å². The fourth-order valence-electron chi connectivity index (χ4n) is 3.25. The Kier molecular flexibility index (Phi) is 14.3.